The first kappa shape index (κ1) is 27.5. The smallest absolute Gasteiger partial charge is 0.191 e. The zero-order chi connectivity index (χ0) is 23.3. The van der Waals surface area contributed by atoms with Crippen LogP contribution in [0.1, 0.15) is 29.5 Å². The van der Waals surface area contributed by atoms with Crippen molar-refractivity contribution in [1.29, 1.82) is 0 Å². The number of nitrogens with zero attached hydrogens (tertiary/aromatic N) is 1. The number of halogens is 1. The molecule has 0 bridgehead atoms. The van der Waals surface area contributed by atoms with Gasteiger partial charge in [-0.2, -0.15) is 0 Å². The second kappa shape index (κ2) is 15.2. The summed E-state index contributed by atoms with van der Waals surface area (Å²) in [5, 5.41) is 15.8. The van der Waals surface area contributed by atoms with E-state index in [9.17, 15) is 0 Å². The lowest BCUT2D eigenvalue weighted by molar-refractivity contribution is 0.196. The molecule has 0 heterocycles. The second-order valence-electron chi connectivity index (χ2n) is 7.51. The van der Waals surface area contributed by atoms with E-state index in [4.69, 9.17) is 19.6 Å². The molecule has 3 aromatic rings. The van der Waals surface area contributed by atoms with Crippen LogP contribution in [0.15, 0.2) is 83.9 Å². The molecule has 3 rings (SSSR count). The minimum Gasteiger partial charge on any atom is -0.493 e. The van der Waals surface area contributed by atoms with E-state index in [1.54, 1.807) is 7.11 Å². The van der Waals surface area contributed by atoms with Crippen LogP contribution < -0.4 is 20.1 Å². The highest BCUT2D eigenvalue weighted by Gasteiger charge is 2.14. The third-order valence-corrected chi connectivity index (χ3v) is 5.22. The normalized spacial score (nSPS) is 11.0. The van der Waals surface area contributed by atoms with E-state index < -0.39 is 0 Å². The van der Waals surface area contributed by atoms with Gasteiger partial charge >= 0.3 is 0 Å². The van der Waals surface area contributed by atoms with Crippen LogP contribution in [-0.4, -0.2) is 44.5 Å². The summed E-state index contributed by atoms with van der Waals surface area (Å²) in [6.07, 6.45) is 0. The minimum atomic E-state index is -0.0418. The van der Waals surface area contributed by atoms with Gasteiger partial charge in [-0.3, -0.25) is 0 Å². The number of nitrogens with one attached hydrogen (secondary N) is 2. The van der Waals surface area contributed by atoms with Crippen LogP contribution >= 0.6 is 24.0 Å². The van der Waals surface area contributed by atoms with Gasteiger partial charge in [-0.15, -0.1) is 24.0 Å². The molecule has 0 atom stereocenters. The number of aliphatic imine (C=N–C) groups is 1. The molecule has 0 radical (unpaired) electrons. The van der Waals surface area contributed by atoms with Gasteiger partial charge in [0.25, 0.3) is 0 Å². The summed E-state index contributed by atoms with van der Waals surface area (Å²) in [6, 6.07) is 26.8. The molecule has 3 aromatic carbocycles. The summed E-state index contributed by atoms with van der Waals surface area (Å²) in [5.41, 5.74) is 3.52. The van der Waals surface area contributed by atoms with E-state index in [0.717, 1.165) is 24.6 Å². The summed E-state index contributed by atoms with van der Waals surface area (Å²) in [4.78, 5) is 4.77. The lowest BCUT2D eigenvalue weighted by atomic mass is 9.91. The van der Waals surface area contributed by atoms with Crippen molar-refractivity contribution in [3.63, 3.8) is 0 Å². The first-order valence-electron chi connectivity index (χ1n) is 11.3. The molecule has 0 saturated carbocycles. The zero-order valence-electron chi connectivity index (χ0n) is 19.7. The van der Waals surface area contributed by atoms with E-state index >= 15 is 0 Å². The minimum absolute atomic E-state index is 0. The average molecular weight is 575 g/mol. The van der Waals surface area contributed by atoms with Crippen molar-refractivity contribution in [2.75, 3.05) is 33.4 Å². The Morgan fingerprint density at radius 3 is 2.12 bits per heavy atom. The third-order valence-electron chi connectivity index (χ3n) is 5.22. The predicted octanol–water partition coefficient (Wildman–Crippen LogP) is 4.57. The molecule has 7 heteroatoms. The summed E-state index contributed by atoms with van der Waals surface area (Å²) in [7, 11) is 1.60. The van der Waals surface area contributed by atoms with Crippen molar-refractivity contribution in [3.05, 3.63) is 95.6 Å². The Balaban J connectivity index is 0.00000408. The highest BCUT2D eigenvalue weighted by Crippen LogP contribution is 2.28. The summed E-state index contributed by atoms with van der Waals surface area (Å²) < 4.78 is 10.9. The quantitative estimate of drug-likeness (QED) is 0.178. The monoisotopic (exact) mass is 575 g/mol. The lowest BCUT2D eigenvalue weighted by Crippen LogP contribution is -2.39. The Bertz CT molecular complexity index is 961. The molecular formula is C27H34IN3O3. The van der Waals surface area contributed by atoms with E-state index in [-0.39, 0.29) is 43.1 Å². The fraction of sp³-hybridized carbons (Fsp3) is 0.296. The van der Waals surface area contributed by atoms with Gasteiger partial charge in [0, 0.05) is 19.0 Å². The van der Waals surface area contributed by atoms with Crippen molar-refractivity contribution in [3.8, 4) is 11.5 Å². The van der Waals surface area contributed by atoms with Crippen LogP contribution in [0.5, 0.6) is 11.5 Å². The van der Waals surface area contributed by atoms with E-state index in [1.165, 1.54) is 11.1 Å². The van der Waals surface area contributed by atoms with Crippen LogP contribution in [0.4, 0.5) is 0 Å². The maximum Gasteiger partial charge on any atom is 0.191 e. The zero-order valence-corrected chi connectivity index (χ0v) is 22.1. The van der Waals surface area contributed by atoms with Gasteiger partial charge in [0.15, 0.2) is 17.5 Å². The molecule has 182 valence electrons. The molecule has 0 unspecified atom stereocenters. The van der Waals surface area contributed by atoms with Crippen molar-refractivity contribution in [2.45, 2.75) is 19.4 Å². The fourth-order valence-electron chi connectivity index (χ4n) is 3.59. The Labute approximate surface area is 219 Å². The Morgan fingerprint density at radius 2 is 1.56 bits per heavy atom. The molecular weight excluding hydrogens is 541 g/mol. The second-order valence-corrected chi connectivity index (χ2v) is 7.51. The fourth-order valence-corrected chi connectivity index (χ4v) is 3.59. The van der Waals surface area contributed by atoms with Crippen LogP contribution in [0, 0.1) is 0 Å². The number of guanidine groups is 1. The van der Waals surface area contributed by atoms with Gasteiger partial charge in [-0.1, -0.05) is 66.7 Å². The number of ether oxygens (including phenoxy) is 2. The first-order valence-corrected chi connectivity index (χ1v) is 11.3. The Morgan fingerprint density at radius 1 is 0.912 bits per heavy atom. The van der Waals surface area contributed by atoms with Crippen molar-refractivity contribution in [2.24, 2.45) is 4.99 Å². The Kier molecular flexibility index (Phi) is 12.3. The highest BCUT2D eigenvalue weighted by molar-refractivity contribution is 14.0. The van der Waals surface area contributed by atoms with Crippen LogP contribution in [0.25, 0.3) is 0 Å². The van der Waals surface area contributed by atoms with Crippen LogP contribution in [0.2, 0.25) is 0 Å². The van der Waals surface area contributed by atoms with Crippen molar-refractivity contribution in [1.82, 2.24) is 10.6 Å². The standard InChI is InChI=1S/C27H33N3O3.HI/c1-3-28-27(29-19-21-14-15-25(33-17-16-31)26(18-21)32-2)30-20-24(22-10-6-4-7-11-22)23-12-8-5-9-13-23;/h4-15,18,24,31H,3,16-17,19-20H2,1-2H3,(H2,28,29,30);1H. The van der Waals surface area contributed by atoms with Gasteiger partial charge in [-0.25, -0.2) is 4.99 Å². The Hall–Kier alpha value is -2.78. The first-order chi connectivity index (χ1) is 16.2. The molecule has 0 fully saturated rings. The number of hydrogen-bond acceptors (Lipinski definition) is 4. The van der Waals surface area contributed by atoms with Gasteiger partial charge < -0.3 is 25.2 Å². The van der Waals surface area contributed by atoms with E-state index in [2.05, 4.69) is 66.1 Å². The molecule has 0 aromatic heterocycles. The van der Waals surface area contributed by atoms with Gasteiger partial charge in [-0.05, 0) is 35.7 Å². The van der Waals surface area contributed by atoms with Gasteiger partial charge in [0.1, 0.15) is 6.61 Å². The largest absolute Gasteiger partial charge is 0.493 e. The number of benzene rings is 3. The number of hydrogen-bond donors (Lipinski definition) is 3. The van der Waals surface area contributed by atoms with Crippen molar-refractivity contribution < 1.29 is 14.6 Å². The molecule has 0 spiro atoms. The topological polar surface area (TPSA) is 75.1 Å². The summed E-state index contributed by atoms with van der Waals surface area (Å²) in [6.45, 7) is 4.22. The van der Waals surface area contributed by atoms with Crippen LogP contribution in [0.3, 0.4) is 0 Å². The van der Waals surface area contributed by atoms with E-state index in [0.29, 0.717) is 18.0 Å². The molecule has 0 aliphatic rings. The maximum absolute atomic E-state index is 8.98. The van der Waals surface area contributed by atoms with E-state index in [1.807, 2.05) is 30.3 Å². The number of methoxy groups -OCH3 is 1. The van der Waals surface area contributed by atoms with Gasteiger partial charge in [0.2, 0.25) is 0 Å². The third kappa shape index (κ3) is 8.22. The predicted molar refractivity (Wildman–Crippen MR) is 149 cm³/mol. The van der Waals surface area contributed by atoms with Gasteiger partial charge in [0.05, 0.1) is 20.3 Å². The lowest BCUT2D eigenvalue weighted by Gasteiger charge is -2.20. The molecule has 34 heavy (non-hydrogen) atoms. The molecule has 0 aliphatic carbocycles. The highest BCUT2D eigenvalue weighted by atomic mass is 127. The number of aliphatic hydroxyl groups is 1. The summed E-state index contributed by atoms with van der Waals surface area (Å²) >= 11 is 0. The van der Waals surface area contributed by atoms with Crippen LogP contribution in [-0.2, 0) is 6.54 Å². The van der Waals surface area contributed by atoms with Crippen molar-refractivity contribution >= 4 is 29.9 Å². The molecule has 0 amide bonds. The molecule has 3 N–H and O–H groups in total. The molecule has 0 saturated heterocycles. The molecule has 6 nitrogen and oxygen atoms in total. The number of rotatable bonds is 11. The number of aliphatic hydroxyl groups excluding tert-OH is 1. The summed E-state index contributed by atoms with van der Waals surface area (Å²) in [5.74, 6) is 2.20. The molecule has 0 aliphatic heterocycles. The SMILES string of the molecule is CCNC(=NCc1ccc(OCCO)c(OC)c1)NCC(c1ccccc1)c1ccccc1.I. The average Bonchev–Trinajstić information content (AvgIpc) is 2.87. The maximum atomic E-state index is 8.98.